The summed E-state index contributed by atoms with van der Waals surface area (Å²) in [6, 6.07) is 31.7. The van der Waals surface area contributed by atoms with Crippen LogP contribution in [0.25, 0.3) is 0 Å². The Morgan fingerprint density at radius 2 is 1.30 bits per heavy atom. The molecule has 0 fully saturated rings. The second-order valence-electron chi connectivity index (χ2n) is 12.1. The van der Waals surface area contributed by atoms with E-state index in [1.807, 2.05) is 107 Å². The van der Waals surface area contributed by atoms with Crippen LogP contribution < -0.4 is 9.62 Å². The van der Waals surface area contributed by atoms with E-state index in [1.165, 1.54) is 4.90 Å². The van der Waals surface area contributed by atoms with Crippen LogP contribution in [0.1, 0.15) is 43.0 Å². The molecule has 1 N–H and O–H groups in total. The first-order valence-electron chi connectivity index (χ1n) is 14.7. The fourth-order valence-electron chi connectivity index (χ4n) is 4.98. The fraction of sp³-hybridized carbons (Fsp3) is 0.278. The molecule has 230 valence electrons. The predicted molar refractivity (Wildman–Crippen MR) is 176 cm³/mol. The SMILES string of the molecule is Cc1ccc(S(=O)(=O)N(CC(=O)N(Cc2ccccc2)C(Cc2ccccc2)C(=O)NC(C)(C)C)c2ccccc2C)cc1. The number of anilines is 1. The van der Waals surface area contributed by atoms with Gasteiger partial charge in [0.1, 0.15) is 12.6 Å². The molecule has 0 aliphatic heterocycles. The molecule has 0 saturated carbocycles. The van der Waals surface area contributed by atoms with Crippen LogP contribution in [0, 0.1) is 13.8 Å². The monoisotopic (exact) mass is 611 g/mol. The highest BCUT2D eigenvalue weighted by Gasteiger charge is 2.35. The van der Waals surface area contributed by atoms with Gasteiger partial charge in [-0.15, -0.1) is 0 Å². The quantitative estimate of drug-likeness (QED) is 0.224. The Labute approximate surface area is 261 Å². The summed E-state index contributed by atoms with van der Waals surface area (Å²) in [6.45, 7) is 9.01. The van der Waals surface area contributed by atoms with E-state index >= 15 is 0 Å². The minimum atomic E-state index is -4.14. The summed E-state index contributed by atoms with van der Waals surface area (Å²) in [5.41, 5.74) is 3.19. The summed E-state index contributed by atoms with van der Waals surface area (Å²) >= 11 is 0. The van der Waals surface area contributed by atoms with E-state index in [-0.39, 0.29) is 23.8 Å². The maximum Gasteiger partial charge on any atom is 0.264 e. The molecule has 4 aromatic carbocycles. The van der Waals surface area contributed by atoms with Gasteiger partial charge in [-0.25, -0.2) is 8.42 Å². The number of nitrogens with zero attached hydrogens (tertiary/aromatic N) is 2. The van der Waals surface area contributed by atoms with Crippen LogP contribution >= 0.6 is 0 Å². The third kappa shape index (κ3) is 8.35. The van der Waals surface area contributed by atoms with E-state index < -0.39 is 34.1 Å². The van der Waals surface area contributed by atoms with Crippen LogP contribution in [0.5, 0.6) is 0 Å². The number of carbonyl (C=O) groups is 2. The first-order valence-corrected chi connectivity index (χ1v) is 16.1. The van der Waals surface area contributed by atoms with Crippen molar-refractivity contribution in [2.24, 2.45) is 0 Å². The molecule has 0 spiro atoms. The molecule has 44 heavy (non-hydrogen) atoms. The maximum absolute atomic E-state index is 14.5. The van der Waals surface area contributed by atoms with Gasteiger partial charge in [0.25, 0.3) is 10.0 Å². The lowest BCUT2D eigenvalue weighted by Crippen LogP contribution is -2.56. The smallest absolute Gasteiger partial charge is 0.264 e. The van der Waals surface area contributed by atoms with Crippen LogP contribution in [0.15, 0.2) is 114 Å². The number of amides is 2. The van der Waals surface area contributed by atoms with Gasteiger partial charge < -0.3 is 10.2 Å². The molecule has 1 atom stereocenters. The number of aryl methyl sites for hydroxylation is 2. The zero-order valence-electron chi connectivity index (χ0n) is 26.0. The lowest BCUT2D eigenvalue weighted by Gasteiger charge is -2.35. The Morgan fingerprint density at radius 3 is 1.86 bits per heavy atom. The van der Waals surface area contributed by atoms with Crippen molar-refractivity contribution in [3.63, 3.8) is 0 Å². The van der Waals surface area contributed by atoms with Crippen molar-refractivity contribution in [1.29, 1.82) is 0 Å². The third-order valence-electron chi connectivity index (χ3n) is 7.24. The molecule has 8 heteroatoms. The third-order valence-corrected chi connectivity index (χ3v) is 9.01. The molecular formula is C36H41N3O4S. The van der Waals surface area contributed by atoms with Crippen LogP contribution in [0.4, 0.5) is 5.69 Å². The maximum atomic E-state index is 14.5. The van der Waals surface area contributed by atoms with Crippen molar-refractivity contribution in [2.75, 3.05) is 10.8 Å². The van der Waals surface area contributed by atoms with Gasteiger partial charge >= 0.3 is 0 Å². The molecule has 2 amide bonds. The number of carbonyl (C=O) groups excluding carboxylic acids is 2. The van der Waals surface area contributed by atoms with E-state index in [2.05, 4.69) is 5.32 Å². The molecule has 0 aromatic heterocycles. The molecule has 4 aromatic rings. The Hall–Kier alpha value is -4.43. The minimum absolute atomic E-state index is 0.0834. The highest BCUT2D eigenvalue weighted by atomic mass is 32.2. The van der Waals surface area contributed by atoms with Gasteiger partial charge in [0, 0.05) is 18.5 Å². The van der Waals surface area contributed by atoms with Gasteiger partial charge in [-0.1, -0.05) is 96.6 Å². The number of rotatable bonds is 11. The summed E-state index contributed by atoms with van der Waals surface area (Å²) in [6.07, 6.45) is 0.260. The molecular weight excluding hydrogens is 570 g/mol. The molecule has 7 nitrogen and oxygen atoms in total. The Bertz CT molecular complexity index is 1670. The summed E-state index contributed by atoms with van der Waals surface area (Å²) in [4.78, 5) is 30.0. The zero-order valence-corrected chi connectivity index (χ0v) is 26.8. The first kappa shape index (κ1) is 32.5. The van der Waals surface area contributed by atoms with Crippen LogP contribution in [0.2, 0.25) is 0 Å². The molecule has 1 unspecified atom stereocenters. The van der Waals surface area contributed by atoms with E-state index in [0.29, 0.717) is 11.3 Å². The molecule has 0 bridgehead atoms. The predicted octanol–water partition coefficient (Wildman–Crippen LogP) is 6.05. The summed E-state index contributed by atoms with van der Waals surface area (Å²) in [5, 5.41) is 3.05. The van der Waals surface area contributed by atoms with Gasteiger partial charge in [0.2, 0.25) is 11.8 Å². The number of hydrogen-bond acceptors (Lipinski definition) is 4. The van der Waals surface area contributed by atoms with E-state index in [4.69, 9.17) is 0 Å². The van der Waals surface area contributed by atoms with Crippen LogP contribution in [0.3, 0.4) is 0 Å². The first-order chi connectivity index (χ1) is 20.8. The molecule has 0 radical (unpaired) electrons. The van der Waals surface area contributed by atoms with Crippen molar-refractivity contribution in [3.8, 4) is 0 Å². The van der Waals surface area contributed by atoms with Gasteiger partial charge in [-0.3, -0.25) is 13.9 Å². The number of sulfonamides is 1. The number of benzene rings is 4. The zero-order chi connectivity index (χ0) is 31.9. The Balaban J connectivity index is 1.81. The number of para-hydroxylation sites is 1. The molecule has 4 rings (SSSR count). The molecule has 0 aliphatic rings. The van der Waals surface area contributed by atoms with Crippen molar-refractivity contribution < 1.29 is 18.0 Å². The fourth-order valence-corrected chi connectivity index (χ4v) is 6.46. The highest BCUT2D eigenvalue weighted by Crippen LogP contribution is 2.28. The van der Waals surface area contributed by atoms with E-state index in [1.54, 1.807) is 36.4 Å². The normalized spacial score (nSPS) is 12.3. The van der Waals surface area contributed by atoms with E-state index in [0.717, 1.165) is 21.0 Å². The van der Waals surface area contributed by atoms with Crippen molar-refractivity contribution in [2.45, 2.75) is 64.1 Å². The van der Waals surface area contributed by atoms with E-state index in [9.17, 15) is 18.0 Å². The lowest BCUT2D eigenvalue weighted by molar-refractivity contribution is -0.140. The second kappa shape index (κ2) is 13.9. The molecule has 0 saturated heterocycles. The average Bonchev–Trinajstić information content (AvgIpc) is 2.98. The number of nitrogens with one attached hydrogen (secondary N) is 1. The minimum Gasteiger partial charge on any atom is -0.350 e. The van der Waals surface area contributed by atoms with Gasteiger partial charge in [-0.05, 0) is 69.5 Å². The van der Waals surface area contributed by atoms with Crippen molar-refractivity contribution in [1.82, 2.24) is 10.2 Å². The topological polar surface area (TPSA) is 86.8 Å². The Kier molecular flexibility index (Phi) is 10.3. The van der Waals surface area contributed by atoms with Gasteiger partial charge in [0.05, 0.1) is 10.6 Å². The van der Waals surface area contributed by atoms with Crippen LogP contribution in [-0.4, -0.2) is 43.3 Å². The van der Waals surface area contributed by atoms with Gasteiger partial charge in [-0.2, -0.15) is 0 Å². The number of hydrogen-bond donors (Lipinski definition) is 1. The summed E-state index contributed by atoms with van der Waals surface area (Å²) < 4.78 is 29.5. The lowest BCUT2D eigenvalue weighted by atomic mass is 10.0. The molecule has 0 heterocycles. The average molecular weight is 612 g/mol. The van der Waals surface area contributed by atoms with Crippen LogP contribution in [-0.2, 0) is 32.6 Å². The summed E-state index contributed by atoms with van der Waals surface area (Å²) in [5.74, 6) is -0.799. The highest BCUT2D eigenvalue weighted by molar-refractivity contribution is 7.92. The Morgan fingerprint density at radius 1 is 0.750 bits per heavy atom. The molecule has 0 aliphatic carbocycles. The van der Waals surface area contributed by atoms with Gasteiger partial charge in [0.15, 0.2) is 0 Å². The standard InChI is InChI=1S/C36H41N3O4S/c1-27-20-22-31(23-21-27)44(42,43)39(32-19-13-12-14-28(32)2)26-34(40)38(25-30-17-10-7-11-18-30)33(35(41)37-36(3,4)5)24-29-15-8-6-9-16-29/h6-23,33H,24-26H2,1-5H3,(H,37,41). The second-order valence-corrected chi connectivity index (χ2v) is 13.9. The van der Waals surface area contributed by atoms with Crippen molar-refractivity contribution >= 4 is 27.5 Å². The van der Waals surface area contributed by atoms with Crippen molar-refractivity contribution in [3.05, 3.63) is 131 Å². The summed E-state index contributed by atoms with van der Waals surface area (Å²) in [7, 11) is -4.14. The largest absolute Gasteiger partial charge is 0.350 e.